The Kier molecular flexibility index (Phi) is 10.4. The molecule has 0 aliphatic rings. The minimum Gasteiger partial charge on any atom is -0.355 e. The molecule has 0 aliphatic carbocycles. The standard InChI is InChI=1S/C13H19BrN2OS.ClH/c1-10(9-16-13(17)7-8-15-2)18-12-5-3-11(14)4-6-12;/h3-6,10,15H,7-9H2,1-2H3,(H,16,17);1H. The van der Waals surface area contributed by atoms with E-state index in [-0.39, 0.29) is 18.3 Å². The Morgan fingerprint density at radius 2 is 2.00 bits per heavy atom. The Morgan fingerprint density at radius 3 is 2.58 bits per heavy atom. The summed E-state index contributed by atoms with van der Waals surface area (Å²) >= 11 is 5.18. The van der Waals surface area contributed by atoms with E-state index in [0.717, 1.165) is 11.0 Å². The molecular formula is C13H20BrClN2OS. The number of halogens is 2. The molecule has 6 heteroatoms. The molecule has 1 rings (SSSR count). The van der Waals surface area contributed by atoms with Crippen LogP contribution in [-0.4, -0.2) is 31.3 Å². The minimum absolute atomic E-state index is 0. The molecule has 0 aliphatic heterocycles. The summed E-state index contributed by atoms with van der Waals surface area (Å²) in [6.07, 6.45) is 0.534. The Bertz CT molecular complexity index is 375. The fourth-order valence-corrected chi connectivity index (χ4v) is 2.56. The summed E-state index contributed by atoms with van der Waals surface area (Å²) in [5.41, 5.74) is 0. The van der Waals surface area contributed by atoms with Crippen LogP contribution in [0.2, 0.25) is 0 Å². The molecule has 1 unspecified atom stereocenters. The van der Waals surface area contributed by atoms with E-state index in [9.17, 15) is 4.79 Å². The Labute approximate surface area is 133 Å². The summed E-state index contributed by atoms with van der Waals surface area (Å²) in [6.45, 7) is 3.54. The number of hydrogen-bond acceptors (Lipinski definition) is 3. The summed E-state index contributed by atoms with van der Waals surface area (Å²) in [5, 5.41) is 6.27. The quantitative estimate of drug-likeness (QED) is 0.728. The highest BCUT2D eigenvalue weighted by atomic mass is 79.9. The molecule has 0 heterocycles. The molecule has 2 N–H and O–H groups in total. The minimum atomic E-state index is 0. The van der Waals surface area contributed by atoms with Gasteiger partial charge in [-0.3, -0.25) is 4.79 Å². The lowest BCUT2D eigenvalue weighted by molar-refractivity contribution is -0.120. The van der Waals surface area contributed by atoms with E-state index in [1.165, 1.54) is 4.90 Å². The molecule has 1 amide bonds. The summed E-state index contributed by atoms with van der Waals surface area (Å²) in [7, 11) is 1.85. The molecular weight excluding hydrogens is 348 g/mol. The first-order chi connectivity index (χ1) is 8.61. The molecule has 0 fully saturated rings. The van der Waals surface area contributed by atoms with Gasteiger partial charge in [-0.15, -0.1) is 24.2 Å². The zero-order valence-electron chi connectivity index (χ0n) is 11.1. The van der Waals surface area contributed by atoms with Crippen LogP contribution in [0.5, 0.6) is 0 Å². The van der Waals surface area contributed by atoms with Crippen LogP contribution in [0.3, 0.4) is 0 Å². The fraction of sp³-hybridized carbons (Fsp3) is 0.462. The van der Waals surface area contributed by atoms with E-state index in [1.807, 2.05) is 19.2 Å². The predicted octanol–water partition coefficient (Wildman–Crippen LogP) is 3.08. The van der Waals surface area contributed by atoms with Crippen LogP contribution in [0.4, 0.5) is 0 Å². The highest BCUT2D eigenvalue weighted by Gasteiger charge is 2.06. The molecule has 3 nitrogen and oxygen atoms in total. The van der Waals surface area contributed by atoms with Gasteiger partial charge in [0.1, 0.15) is 0 Å². The second-order valence-electron chi connectivity index (χ2n) is 4.04. The largest absolute Gasteiger partial charge is 0.355 e. The van der Waals surface area contributed by atoms with E-state index in [0.29, 0.717) is 18.2 Å². The molecule has 0 spiro atoms. The van der Waals surface area contributed by atoms with Crippen molar-refractivity contribution in [2.45, 2.75) is 23.5 Å². The first-order valence-electron chi connectivity index (χ1n) is 5.95. The molecule has 0 saturated heterocycles. The van der Waals surface area contributed by atoms with Crippen molar-refractivity contribution in [2.75, 3.05) is 20.1 Å². The Morgan fingerprint density at radius 1 is 1.37 bits per heavy atom. The van der Waals surface area contributed by atoms with E-state index >= 15 is 0 Å². The second-order valence-corrected chi connectivity index (χ2v) is 6.47. The lowest BCUT2D eigenvalue weighted by Gasteiger charge is -2.12. The number of benzene rings is 1. The number of rotatable bonds is 7. The van der Waals surface area contributed by atoms with Gasteiger partial charge in [-0.25, -0.2) is 0 Å². The molecule has 0 aromatic heterocycles. The van der Waals surface area contributed by atoms with Gasteiger partial charge in [0.15, 0.2) is 0 Å². The number of carbonyl (C=O) groups is 1. The van der Waals surface area contributed by atoms with Crippen LogP contribution in [-0.2, 0) is 4.79 Å². The van der Waals surface area contributed by atoms with Crippen molar-refractivity contribution in [3.8, 4) is 0 Å². The Hall–Kier alpha value is -0.230. The maximum absolute atomic E-state index is 11.4. The summed E-state index contributed by atoms with van der Waals surface area (Å²) in [5.74, 6) is 0.104. The number of carbonyl (C=O) groups excluding carboxylic acids is 1. The molecule has 1 atom stereocenters. The van der Waals surface area contributed by atoms with Gasteiger partial charge in [0.25, 0.3) is 0 Å². The van der Waals surface area contributed by atoms with Crippen LogP contribution in [0.1, 0.15) is 13.3 Å². The summed E-state index contributed by atoms with van der Waals surface area (Å²) in [6, 6.07) is 8.21. The number of thioether (sulfide) groups is 1. The van der Waals surface area contributed by atoms with Crippen LogP contribution in [0.15, 0.2) is 33.6 Å². The van der Waals surface area contributed by atoms with Crippen LogP contribution in [0, 0.1) is 0 Å². The zero-order chi connectivity index (χ0) is 13.4. The fourth-order valence-electron chi connectivity index (χ4n) is 1.37. The van der Waals surface area contributed by atoms with Crippen molar-refractivity contribution in [2.24, 2.45) is 0 Å². The van der Waals surface area contributed by atoms with Crippen LogP contribution >= 0.6 is 40.1 Å². The third-order valence-electron chi connectivity index (χ3n) is 2.34. The van der Waals surface area contributed by atoms with Crippen molar-refractivity contribution in [3.63, 3.8) is 0 Å². The van der Waals surface area contributed by atoms with E-state index in [4.69, 9.17) is 0 Å². The molecule has 0 saturated carbocycles. The summed E-state index contributed by atoms with van der Waals surface area (Å²) in [4.78, 5) is 12.7. The smallest absolute Gasteiger partial charge is 0.221 e. The van der Waals surface area contributed by atoms with Crippen molar-refractivity contribution >= 4 is 46.0 Å². The normalized spacial score (nSPS) is 11.5. The summed E-state index contributed by atoms with van der Waals surface area (Å²) < 4.78 is 1.08. The molecule has 1 aromatic rings. The Balaban J connectivity index is 0.00000324. The number of amides is 1. The first kappa shape index (κ1) is 18.8. The van der Waals surface area contributed by atoms with Crippen molar-refractivity contribution < 1.29 is 4.79 Å². The van der Waals surface area contributed by atoms with Crippen molar-refractivity contribution in [1.82, 2.24) is 10.6 Å². The predicted molar refractivity (Wildman–Crippen MR) is 88.3 cm³/mol. The molecule has 1 aromatic carbocycles. The van der Waals surface area contributed by atoms with Crippen molar-refractivity contribution in [3.05, 3.63) is 28.7 Å². The SMILES string of the molecule is CNCCC(=O)NCC(C)Sc1ccc(Br)cc1.Cl. The van der Waals surface area contributed by atoms with Gasteiger partial charge in [-0.1, -0.05) is 22.9 Å². The topological polar surface area (TPSA) is 41.1 Å². The van der Waals surface area contributed by atoms with E-state index in [2.05, 4.69) is 45.6 Å². The van der Waals surface area contributed by atoms with Gasteiger partial charge in [-0.2, -0.15) is 0 Å². The first-order valence-corrected chi connectivity index (χ1v) is 7.62. The third kappa shape index (κ3) is 8.52. The van der Waals surface area contributed by atoms with E-state index in [1.54, 1.807) is 11.8 Å². The highest BCUT2D eigenvalue weighted by molar-refractivity contribution is 9.10. The zero-order valence-corrected chi connectivity index (χ0v) is 14.3. The van der Waals surface area contributed by atoms with Gasteiger partial charge in [0.2, 0.25) is 5.91 Å². The maximum Gasteiger partial charge on any atom is 0.221 e. The molecule has 19 heavy (non-hydrogen) atoms. The molecule has 0 bridgehead atoms. The molecule has 108 valence electrons. The lowest BCUT2D eigenvalue weighted by atomic mass is 10.4. The van der Waals surface area contributed by atoms with Crippen molar-refractivity contribution in [1.29, 1.82) is 0 Å². The second kappa shape index (κ2) is 10.5. The third-order valence-corrected chi connectivity index (χ3v) is 3.98. The average molecular weight is 368 g/mol. The molecule has 0 radical (unpaired) electrons. The van der Waals surface area contributed by atoms with Crippen LogP contribution < -0.4 is 10.6 Å². The van der Waals surface area contributed by atoms with Gasteiger partial charge in [0.05, 0.1) is 0 Å². The van der Waals surface area contributed by atoms with Gasteiger partial charge < -0.3 is 10.6 Å². The number of hydrogen-bond donors (Lipinski definition) is 2. The maximum atomic E-state index is 11.4. The highest BCUT2D eigenvalue weighted by Crippen LogP contribution is 2.24. The average Bonchev–Trinajstić information content (AvgIpc) is 2.36. The number of nitrogens with one attached hydrogen (secondary N) is 2. The van der Waals surface area contributed by atoms with E-state index < -0.39 is 0 Å². The monoisotopic (exact) mass is 366 g/mol. The van der Waals surface area contributed by atoms with Gasteiger partial charge in [-0.05, 0) is 31.3 Å². The van der Waals surface area contributed by atoms with Crippen LogP contribution in [0.25, 0.3) is 0 Å². The van der Waals surface area contributed by atoms with Gasteiger partial charge in [0, 0.05) is 34.1 Å². The lowest BCUT2D eigenvalue weighted by Crippen LogP contribution is -2.31. The van der Waals surface area contributed by atoms with Gasteiger partial charge >= 0.3 is 0 Å².